The molecule has 1 unspecified atom stereocenters. The molecule has 4 nitrogen and oxygen atoms in total. The van der Waals surface area contributed by atoms with Gasteiger partial charge in [0.15, 0.2) is 9.84 Å². The van der Waals surface area contributed by atoms with E-state index in [1.807, 2.05) is 19.0 Å². The van der Waals surface area contributed by atoms with Crippen LogP contribution in [0.3, 0.4) is 0 Å². The van der Waals surface area contributed by atoms with Gasteiger partial charge >= 0.3 is 0 Å². The summed E-state index contributed by atoms with van der Waals surface area (Å²) >= 11 is 0. The lowest BCUT2D eigenvalue weighted by atomic mass is 10.2. The first kappa shape index (κ1) is 9.95. The average molecular weight is 192 g/mol. The van der Waals surface area contributed by atoms with Gasteiger partial charge in [-0.2, -0.15) is 0 Å². The van der Waals surface area contributed by atoms with Crippen molar-refractivity contribution in [1.29, 1.82) is 0 Å². The number of nitrogens with zero attached hydrogens (tertiary/aromatic N) is 1. The van der Waals surface area contributed by atoms with Crippen LogP contribution < -0.4 is 5.43 Å². The van der Waals surface area contributed by atoms with Crippen molar-refractivity contribution in [3.8, 4) is 0 Å². The second-order valence-corrected chi connectivity index (χ2v) is 5.62. The lowest BCUT2D eigenvalue weighted by Crippen LogP contribution is -2.38. The topological polar surface area (TPSA) is 49.4 Å². The Morgan fingerprint density at radius 3 is 2.75 bits per heavy atom. The minimum Gasteiger partial charge on any atom is -0.258 e. The average Bonchev–Trinajstić information content (AvgIpc) is 2.07. The second kappa shape index (κ2) is 3.72. The molecular weight excluding hydrogens is 176 g/mol. The predicted octanol–water partition coefficient (Wildman–Crippen LogP) is -0.513. The Labute approximate surface area is 73.8 Å². The van der Waals surface area contributed by atoms with Gasteiger partial charge in [-0.15, -0.1) is 0 Å². The van der Waals surface area contributed by atoms with Gasteiger partial charge in [-0.3, -0.25) is 5.43 Å². The number of sulfone groups is 1. The zero-order valence-electron chi connectivity index (χ0n) is 7.58. The quantitative estimate of drug-likeness (QED) is 0.608. The van der Waals surface area contributed by atoms with Gasteiger partial charge in [0.1, 0.15) is 0 Å². The normalized spacial score (nSPS) is 31.3. The molecule has 0 radical (unpaired) electrons. The zero-order valence-corrected chi connectivity index (χ0v) is 8.39. The minimum absolute atomic E-state index is 0.227. The number of hydrogen-bond donors (Lipinski definition) is 1. The molecule has 5 heteroatoms. The van der Waals surface area contributed by atoms with E-state index in [1.165, 1.54) is 0 Å². The van der Waals surface area contributed by atoms with Crippen molar-refractivity contribution in [2.24, 2.45) is 5.92 Å². The van der Waals surface area contributed by atoms with Gasteiger partial charge in [0.2, 0.25) is 0 Å². The Hall–Kier alpha value is -0.130. The molecule has 1 heterocycles. The summed E-state index contributed by atoms with van der Waals surface area (Å²) in [5.74, 6) is 0.827. The van der Waals surface area contributed by atoms with Gasteiger partial charge < -0.3 is 0 Å². The van der Waals surface area contributed by atoms with Crippen molar-refractivity contribution < 1.29 is 8.42 Å². The maximum atomic E-state index is 11.3. The van der Waals surface area contributed by atoms with Gasteiger partial charge in [0, 0.05) is 13.1 Å². The van der Waals surface area contributed by atoms with Crippen LogP contribution in [0.1, 0.15) is 6.92 Å². The second-order valence-electron chi connectivity index (χ2n) is 3.39. The SMILES string of the molecule is CNN1CCS(=O)(=O)CC(C)C1. The fraction of sp³-hybridized carbons (Fsp3) is 1.00. The van der Waals surface area contributed by atoms with Crippen LogP contribution >= 0.6 is 0 Å². The van der Waals surface area contributed by atoms with Crippen LogP contribution in [0.4, 0.5) is 0 Å². The first-order valence-electron chi connectivity index (χ1n) is 4.16. The lowest BCUT2D eigenvalue weighted by molar-refractivity contribution is 0.201. The highest BCUT2D eigenvalue weighted by atomic mass is 32.2. The van der Waals surface area contributed by atoms with Crippen molar-refractivity contribution in [2.75, 3.05) is 31.6 Å². The van der Waals surface area contributed by atoms with Crippen LogP contribution in [-0.4, -0.2) is 45.1 Å². The molecule has 1 aliphatic heterocycles. The molecule has 1 N–H and O–H groups in total. The molecule has 12 heavy (non-hydrogen) atoms. The Kier molecular flexibility index (Phi) is 3.09. The van der Waals surface area contributed by atoms with Crippen molar-refractivity contribution in [2.45, 2.75) is 6.92 Å². The standard InChI is InChI=1S/C7H16N2O2S/c1-7-5-9(8-2)3-4-12(10,11)6-7/h7-8H,3-6H2,1-2H3. The molecule has 1 aliphatic rings. The number of hydrogen-bond acceptors (Lipinski definition) is 4. The summed E-state index contributed by atoms with van der Waals surface area (Å²) in [6.07, 6.45) is 0. The van der Waals surface area contributed by atoms with E-state index in [9.17, 15) is 8.42 Å². The van der Waals surface area contributed by atoms with Crippen LogP contribution in [0, 0.1) is 5.92 Å². The number of hydrazine groups is 1. The molecule has 0 bridgehead atoms. The summed E-state index contributed by atoms with van der Waals surface area (Å²) in [7, 11) is -0.969. The molecule has 0 saturated carbocycles. The van der Waals surface area contributed by atoms with Crippen LogP contribution in [0.2, 0.25) is 0 Å². The van der Waals surface area contributed by atoms with Gasteiger partial charge in [0.25, 0.3) is 0 Å². The van der Waals surface area contributed by atoms with Crippen LogP contribution in [-0.2, 0) is 9.84 Å². The van der Waals surface area contributed by atoms with Crippen molar-refractivity contribution in [1.82, 2.24) is 10.4 Å². The Morgan fingerprint density at radius 2 is 2.17 bits per heavy atom. The van der Waals surface area contributed by atoms with E-state index in [1.54, 1.807) is 0 Å². The van der Waals surface area contributed by atoms with E-state index in [-0.39, 0.29) is 11.7 Å². The van der Waals surface area contributed by atoms with E-state index in [2.05, 4.69) is 5.43 Å². The number of rotatable bonds is 1. The van der Waals surface area contributed by atoms with E-state index in [0.717, 1.165) is 6.54 Å². The molecule has 72 valence electrons. The van der Waals surface area contributed by atoms with Gasteiger partial charge in [-0.05, 0) is 13.0 Å². The molecule has 0 aromatic heterocycles. The third-order valence-corrected chi connectivity index (χ3v) is 3.94. The smallest absolute Gasteiger partial charge is 0.151 e. The molecule has 1 rings (SSSR count). The van der Waals surface area contributed by atoms with Crippen LogP contribution in [0.25, 0.3) is 0 Å². The first-order chi connectivity index (χ1) is 5.53. The summed E-state index contributed by atoms with van der Waals surface area (Å²) in [5.41, 5.74) is 2.98. The largest absolute Gasteiger partial charge is 0.258 e. The highest BCUT2D eigenvalue weighted by Gasteiger charge is 2.23. The molecule has 1 fully saturated rings. The highest BCUT2D eigenvalue weighted by Crippen LogP contribution is 2.08. The third-order valence-electron chi connectivity index (χ3n) is 2.06. The lowest BCUT2D eigenvalue weighted by Gasteiger charge is -2.19. The van der Waals surface area contributed by atoms with Gasteiger partial charge in [0.05, 0.1) is 11.5 Å². The van der Waals surface area contributed by atoms with Crippen LogP contribution in [0.5, 0.6) is 0 Å². The maximum absolute atomic E-state index is 11.3. The molecule has 1 atom stereocenters. The fourth-order valence-electron chi connectivity index (χ4n) is 1.49. The summed E-state index contributed by atoms with van der Waals surface area (Å²) in [5, 5.41) is 1.95. The third kappa shape index (κ3) is 2.73. The minimum atomic E-state index is -2.79. The maximum Gasteiger partial charge on any atom is 0.151 e. The monoisotopic (exact) mass is 192 g/mol. The van der Waals surface area contributed by atoms with E-state index in [4.69, 9.17) is 0 Å². The fourth-order valence-corrected chi connectivity index (χ4v) is 3.13. The molecular formula is C7H16N2O2S. The van der Waals surface area contributed by atoms with Crippen molar-refractivity contribution in [3.05, 3.63) is 0 Å². The predicted molar refractivity (Wildman–Crippen MR) is 48.5 cm³/mol. The molecule has 1 saturated heterocycles. The molecule has 0 amide bonds. The van der Waals surface area contributed by atoms with E-state index >= 15 is 0 Å². The Balaban J connectivity index is 2.65. The summed E-state index contributed by atoms with van der Waals surface area (Å²) in [6.45, 7) is 3.38. The first-order valence-corrected chi connectivity index (χ1v) is 5.98. The summed E-state index contributed by atoms with van der Waals surface area (Å²) in [4.78, 5) is 0. The van der Waals surface area contributed by atoms with Crippen LogP contribution in [0.15, 0.2) is 0 Å². The van der Waals surface area contributed by atoms with E-state index in [0.29, 0.717) is 12.3 Å². The van der Waals surface area contributed by atoms with Crippen molar-refractivity contribution in [3.63, 3.8) is 0 Å². The van der Waals surface area contributed by atoms with Gasteiger partial charge in [-0.1, -0.05) is 6.92 Å². The Bertz CT molecular complexity index is 238. The molecule has 0 aliphatic carbocycles. The Morgan fingerprint density at radius 1 is 1.50 bits per heavy atom. The van der Waals surface area contributed by atoms with Gasteiger partial charge in [-0.25, -0.2) is 13.4 Å². The summed E-state index contributed by atoms with van der Waals surface area (Å²) in [6, 6.07) is 0. The molecule has 0 aromatic carbocycles. The summed E-state index contributed by atoms with van der Waals surface area (Å²) < 4.78 is 22.6. The zero-order chi connectivity index (χ0) is 9.19. The molecule has 0 aromatic rings. The van der Waals surface area contributed by atoms with Crippen molar-refractivity contribution >= 4 is 9.84 Å². The highest BCUT2D eigenvalue weighted by molar-refractivity contribution is 7.91. The number of nitrogens with one attached hydrogen (secondary N) is 1. The molecule has 0 spiro atoms. The van der Waals surface area contributed by atoms with E-state index < -0.39 is 9.84 Å².